The van der Waals surface area contributed by atoms with Gasteiger partial charge in [0, 0.05) is 12.3 Å². The highest BCUT2D eigenvalue weighted by Gasteiger charge is 2.49. The third-order valence-corrected chi connectivity index (χ3v) is 8.06. The molecule has 0 aromatic rings. The zero-order valence-electron chi connectivity index (χ0n) is 20.0. The van der Waals surface area contributed by atoms with Crippen molar-refractivity contribution in [3.63, 3.8) is 0 Å². The van der Waals surface area contributed by atoms with Crippen LogP contribution >= 0.6 is 0 Å². The van der Waals surface area contributed by atoms with E-state index in [-0.39, 0.29) is 54.2 Å². The van der Waals surface area contributed by atoms with E-state index >= 15 is 0 Å². The maximum atomic E-state index is 12.9. The highest BCUT2D eigenvalue weighted by Crippen LogP contribution is 2.48. The molecule has 3 rings (SSSR count). The number of aliphatic hydroxyl groups excluding tert-OH is 3. The average molecular weight is 453 g/mol. The second kappa shape index (κ2) is 9.82. The quantitative estimate of drug-likeness (QED) is 0.419. The molecule has 0 bridgehead atoms. The van der Waals surface area contributed by atoms with Crippen molar-refractivity contribution in [1.29, 1.82) is 0 Å². The standard InChI is InChI=1S/C25H40O7/c1-6-25(4,5)24(30)32-20-9-13(2)23(29)18-12-19(27)14(3)17(22(18)20)8-7-16-10-15(26)11-21(28)31-16/h12-17,19-20,22-23,26-27,29H,6-11H2,1-5H3/t13-,14-,15-,16-,17+,19+,20+,22-,23+/m1/s1. The summed E-state index contributed by atoms with van der Waals surface area (Å²) in [6, 6.07) is 0. The lowest BCUT2D eigenvalue weighted by Gasteiger charge is -2.49. The summed E-state index contributed by atoms with van der Waals surface area (Å²) in [6.07, 6.45) is 1.79. The van der Waals surface area contributed by atoms with Gasteiger partial charge in [-0.2, -0.15) is 0 Å². The zero-order valence-corrected chi connectivity index (χ0v) is 20.0. The molecule has 2 aliphatic carbocycles. The molecule has 0 aromatic heterocycles. The van der Waals surface area contributed by atoms with E-state index < -0.39 is 23.7 Å². The maximum Gasteiger partial charge on any atom is 0.311 e. The largest absolute Gasteiger partial charge is 0.462 e. The average Bonchev–Trinajstić information content (AvgIpc) is 2.71. The van der Waals surface area contributed by atoms with Crippen LogP contribution in [0.15, 0.2) is 11.6 Å². The van der Waals surface area contributed by atoms with Gasteiger partial charge in [0.2, 0.25) is 0 Å². The van der Waals surface area contributed by atoms with Gasteiger partial charge in [-0.3, -0.25) is 9.59 Å². The van der Waals surface area contributed by atoms with Crippen LogP contribution in [-0.4, -0.2) is 57.8 Å². The Labute approximate surface area is 191 Å². The molecule has 0 unspecified atom stereocenters. The van der Waals surface area contributed by atoms with Gasteiger partial charge >= 0.3 is 11.9 Å². The maximum absolute atomic E-state index is 12.9. The number of fused-ring (bicyclic) bond motifs is 1. The highest BCUT2D eigenvalue weighted by molar-refractivity contribution is 5.76. The van der Waals surface area contributed by atoms with Gasteiger partial charge in [0.05, 0.1) is 30.1 Å². The van der Waals surface area contributed by atoms with E-state index in [9.17, 15) is 24.9 Å². The molecular weight excluding hydrogens is 412 g/mol. The lowest BCUT2D eigenvalue weighted by Crippen LogP contribution is -2.51. The molecule has 0 amide bonds. The molecule has 7 nitrogen and oxygen atoms in total. The summed E-state index contributed by atoms with van der Waals surface area (Å²) in [4.78, 5) is 24.7. The number of rotatable bonds is 6. The van der Waals surface area contributed by atoms with E-state index in [1.165, 1.54) is 0 Å². The highest BCUT2D eigenvalue weighted by atomic mass is 16.6. The monoisotopic (exact) mass is 452 g/mol. The fourth-order valence-corrected chi connectivity index (χ4v) is 5.47. The minimum atomic E-state index is -0.700. The van der Waals surface area contributed by atoms with Crippen molar-refractivity contribution in [2.24, 2.45) is 29.1 Å². The lowest BCUT2D eigenvalue weighted by molar-refractivity contribution is -0.169. The third kappa shape index (κ3) is 5.20. The predicted molar refractivity (Wildman–Crippen MR) is 118 cm³/mol. The summed E-state index contributed by atoms with van der Waals surface area (Å²) >= 11 is 0. The zero-order chi connectivity index (χ0) is 23.8. The molecule has 1 heterocycles. The molecule has 1 aliphatic heterocycles. The molecule has 182 valence electrons. The van der Waals surface area contributed by atoms with Crippen LogP contribution in [0, 0.1) is 29.1 Å². The van der Waals surface area contributed by atoms with Crippen molar-refractivity contribution in [1.82, 2.24) is 0 Å². The Morgan fingerprint density at radius 3 is 2.50 bits per heavy atom. The summed E-state index contributed by atoms with van der Waals surface area (Å²) < 4.78 is 11.5. The van der Waals surface area contributed by atoms with Crippen molar-refractivity contribution in [3.05, 3.63) is 11.6 Å². The first kappa shape index (κ1) is 25.2. The molecule has 3 N–H and O–H groups in total. The Morgan fingerprint density at radius 1 is 1.19 bits per heavy atom. The van der Waals surface area contributed by atoms with Crippen LogP contribution in [0.4, 0.5) is 0 Å². The molecule has 7 heteroatoms. The molecule has 3 aliphatic rings. The predicted octanol–water partition coefficient (Wildman–Crippen LogP) is 2.75. The first-order chi connectivity index (χ1) is 14.9. The number of cyclic esters (lactones) is 1. The van der Waals surface area contributed by atoms with Crippen molar-refractivity contribution < 1.29 is 34.4 Å². The Bertz CT molecular complexity index is 730. The van der Waals surface area contributed by atoms with Crippen LogP contribution in [0.25, 0.3) is 0 Å². The third-order valence-electron chi connectivity index (χ3n) is 8.06. The van der Waals surface area contributed by atoms with Crippen LogP contribution in [0.5, 0.6) is 0 Å². The molecule has 0 aromatic carbocycles. The number of hydrogen-bond acceptors (Lipinski definition) is 7. The fraction of sp³-hybridized carbons (Fsp3) is 0.840. The first-order valence-electron chi connectivity index (χ1n) is 12.1. The van der Waals surface area contributed by atoms with Gasteiger partial charge in [0.25, 0.3) is 0 Å². The van der Waals surface area contributed by atoms with Gasteiger partial charge in [-0.25, -0.2) is 0 Å². The van der Waals surface area contributed by atoms with Crippen LogP contribution in [0.3, 0.4) is 0 Å². The number of hydrogen-bond donors (Lipinski definition) is 3. The van der Waals surface area contributed by atoms with Crippen molar-refractivity contribution in [2.75, 3.05) is 0 Å². The minimum Gasteiger partial charge on any atom is -0.462 e. The Balaban J connectivity index is 1.83. The number of esters is 2. The van der Waals surface area contributed by atoms with E-state index in [1.807, 2.05) is 34.6 Å². The van der Waals surface area contributed by atoms with Crippen molar-refractivity contribution in [2.45, 2.75) is 104 Å². The van der Waals surface area contributed by atoms with Gasteiger partial charge in [-0.1, -0.05) is 26.8 Å². The molecule has 9 atom stereocenters. The van der Waals surface area contributed by atoms with E-state index in [0.717, 1.165) is 5.57 Å². The first-order valence-corrected chi connectivity index (χ1v) is 12.1. The SMILES string of the molecule is CCC(C)(C)C(=O)O[C@H]1C[C@@H](C)[C@H](O)C2=C[C@H](O)[C@H](C)[C@H](CC[C@@H]3C[C@@H](O)CC(=O)O3)[C@H]21. The molecule has 1 saturated carbocycles. The normalized spacial score (nSPS) is 40.2. The number of aliphatic hydroxyl groups is 3. The fourth-order valence-electron chi connectivity index (χ4n) is 5.47. The Kier molecular flexibility index (Phi) is 7.73. The number of carbonyl (C=O) groups is 2. The summed E-state index contributed by atoms with van der Waals surface area (Å²) in [6.45, 7) is 9.63. The number of ether oxygens (including phenoxy) is 2. The Morgan fingerprint density at radius 2 is 1.88 bits per heavy atom. The van der Waals surface area contributed by atoms with Gasteiger partial charge in [0.15, 0.2) is 0 Å². The number of carbonyl (C=O) groups excluding carboxylic acids is 2. The Hall–Kier alpha value is -1.44. The summed E-state index contributed by atoms with van der Waals surface area (Å²) in [5, 5.41) is 31.6. The van der Waals surface area contributed by atoms with Crippen LogP contribution < -0.4 is 0 Å². The van der Waals surface area contributed by atoms with E-state index in [2.05, 4.69) is 0 Å². The van der Waals surface area contributed by atoms with Gasteiger partial charge in [0.1, 0.15) is 12.2 Å². The molecular formula is C25H40O7. The smallest absolute Gasteiger partial charge is 0.311 e. The second-order valence-electron chi connectivity index (χ2n) is 10.8. The van der Waals surface area contributed by atoms with Gasteiger partial charge in [-0.05, 0) is 62.9 Å². The van der Waals surface area contributed by atoms with Gasteiger partial charge in [-0.15, -0.1) is 0 Å². The molecule has 0 spiro atoms. The van der Waals surface area contributed by atoms with Crippen LogP contribution in [0.2, 0.25) is 0 Å². The van der Waals surface area contributed by atoms with Gasteiger partial charge < -0.3 is 24.8 Å². The molecule has 0 radical (unpaired) electrons. The van der Waals surface area contributed by atoms with E-state index in [4.69, 9.17) is 9.47 Å². The lowest BCUT2D eigenvalue weighted by atomic mass is 9.61. The topological polar surface area (TPSA) is 113 Å². The molecule has 2 fully saturated rings. The van der Waals surface area contributed by atoms with E-state index in [0.29, 0.717) is 32.1 Å². The summed E-state index contributed by atoms with van der Waals surface area (Å²) in [5.74, 6) is -1.06. The second-order valence-corrected chi connectivity index (χ2v) is 10.8. The van der Waals surface area contributed by atoms with Crippen LogP contribution in [-0.2, 0) is 19.1 Å². The van der Waals surface area contributed by atoms with Crippen LogP contribution in [0.1, 0.15) is 73.1 Å². The van der Waals surface area contributed by atoms with E-state index in [1.54, 1.807) is 6.08 Å². The molecule has 32 heavy (non-hydrogen) atoms. The van der Waals surface area contributed by atoms with Crippen molar-refractivity contribution >= 4 is 11.9 Å². The summed E-state index contributed by atoms with van der Waals surface area (Å²) in [5.41, 5.74) is 0.164. The minimum absolute atomic E-state index is 0.0277. The summed E-state index contributed by atoms with van der Waals surface area (Å²) in [7, 11) is 0. The molecule has 1 saturated heterocycles. The van der Waals surface area contributed by atoms with Crippen molar-refractivity contribution in [3.8, 4) is 0 Å².